The average Bonchev–Trinajstić information content (AvgIpc) is 3.71. The zero-order valence-corrected chi connectivity index (χ0v) is 25.7. The van der Waals surface area contributed by atoms with Crippen molar-refractivity contribution < 1.29 is 19.0 Å². The molecule has 0 saturated carbocycles. The normalized spacial score (nSPS) is 20.0. The minimum Gasteiger partial charge on any atom is -0.491 e. The third kappa shape index (κ3) is 6.86. The van der Waals surface area contributed by atoms with Crippen molar-refractivity contribution in [1.82, 2.24) is 20.1 Å². The second-order valence-corrected chi connectivity index (χ2v) is 11.4. The molecule has 2 aliphatic rings. The van der Waals surface area contributed by atoms with E-state index in [2.05, 4.69) is 42.6 Å². The standard InChI is InChI=1S/C31H33Cl2N7O4/c1-34-30(41)37-23-3-5-24(6-4-23)38-12-14-39(15-13-38)25-7-9-26(10-8-25)42-17-27-18-43-31(44-27,19-40-21-35-20-36-40)28-11-2-22(32)16-29(28)33/h2-11,16,20-21,27H,12-15,17-19H2,1H3,(H2,34,37,41)/t27-,31-/m1/s1. The van der Waals surface area contributed by atoms with Gasteiger partial charge in [0.25, 0.3) is 0 Å². The summed E-state index contributed by atoms with van der Waals surface area (Å²) in [4.78, 5) is 20.3. The van der Waals surface area contributed by atoms with Crippen molar-refractivity contribution in [3.05, 3.63) is 95.0 Å². The number of hydrogen-bond donors (Lipinski definition) is 2. The van der Waals surface area contributed by atoms with Gasteiger partial charge < -0.3 is 34.6 Å². The highest BCUT2D eigenvalue weighted by Crippen LogP contribution is 2.40. The number of benzene rings is 3. The van der Waals surface area contributed by atoms with E-state index in [0.717, 1.165) is 49.0 Å². The number of anilines is 3. The summed E-state index contributed by atoms with van der Waals surface area (Å²) >= 11 is 12.7. The summed E-state index contributed by atoms with van der Waals surface area (Å²) in [6, 6.07) is 21.0. The van der Waals surface area contributed by atoms with Crippen molar-refractivity contribution >= 4 is 46.3 Å². The molecule has 2 atom stereocenters. The molecule has 0 unspecified atom stereocenters. The number of urea groups is 1. The number of aromatic nitrogens is 3. The van der Waals surface area contributed by atoms with Crippen LogP contribution in [0.3, 0.4) is 0 Å². The first-order valence-electron chi connectivity index (χ1n) is 14.3. The molecule has 2 saturated heterocycles. The van der Waals surface area contributed by atoms with Crippen LogP contribution in [0, 0.1) is 0 Å². The molecule has 11 nitrogen and oxygen atoms in total. The van der Waals surface area contributed by atoms with E-state index >= 15 is 0 Å². The first kappa shape index (κ1) is 30.0. The number of rotatable bonds is 9. The molecule has 0 radical (unpaired) electrons. The Morgan fingerprint density at radius 1 is 1.00 bits per heavy atom. The predicted octanol–water partition coefficient (Wildman–Crippen LogP) is 5.01. The van der Waals surface area contributed by atoms with Gasteiger partial charge in [-0.2, -0.15) is 5.10 Å². The van der Waals surface area contributed by atoms with E-state index in [1.54, 1.807) is 30.2 Å². The topological polar surface area (TPSA) is 106 Å². The number of carbonyl (C=O) groups excluding carboxylic acids is 1. The summed E-state index contributed by atoms with van der Waals surface area (Å²) in [5.74, 6) is -0.403. The van der Waals surface area contributed by atoms with Crippen molar-refractivity contribution in [3.63, 3.8) is 0 Å². The fraction of sp³-hybridized carbons (Fsp3) is 0.323. The van der Waals surface area contributed by atoms with Crippen LogP contribution in [0.25, 0.3) is 0 Å². The van der Waals surface area contributed by atoms with Crippen LogP contribution < -0.4 is 25.2 Å². The van der Waals surface area contributed by atoms with Gasteiger partial charge in [-0.25, -0.2) is 14.5 Å². The molecule has 4 aromatic rings. The van der Waals surface area contributed by atoms with Crippen LogP contribution in [0.2, 0.25) is 10.0 Å². The van der Waals surface area contributed by atoms with Crippen LogP contribution in [0.4, 0.5) is 21.9 Å². The lowest BCUT2D eigenvalue weighted by atomic mass is 10.1. The van der Waals surface area contributed by atoms with Gasteiger partial charge in [-0.05, 0) is 60.7 Å². The number of halogens is 2. The Morgan fingerprint density at radius 3 is 2.30 bits per heavy atom. The van der Waals surface area contributed by atoms with Gasteiger partial charge in [0.1, 0.15) is 37.7 Å². The molecule has 3 aromatic carbocycles. The molecule has 1 aromatic heterocycles. The molecule has 2 N–H and O–H groups in total. The molecule has 0 bridgehead atoms. The zero-order chi connectivity index (χ0) is 30.5. The molecular weight excluding hydrogens is 605 g/mol. The Bertz CT molecular complexity index is 1550. The lowest BCUT2D eigenvalue weighted by Gasteiger charge is -2.37. The van der Waals surface area contributed by atoms with E-state index < -0.39 is 5.79 Å². The summed E-state index contributed by atoms with van der Waals surface area (Å²) in [7, 11) is 1.60. The van der Waals surface area contributed by atoms with E-state index in [0.29, 0.717) is 28.8 Å². The molecule has 3 heterocycles. The van der Waals surface area contributed by atoms with Crippen LogP contribution in [-0.2, 0) is 21.8 Å². The Balaban J connectivity index is 1.02. The van der Waals surface area contributed by atoms with Crippen LogP contribution in [0.5, 0.6) is 5.75 Å². The highest BCUT2D eigenvalue weighted by molar-refractivity contribution is 6.35. The van der Waals surface area contributed by atoms with Crippen LogP contribution in [-0.4, -0.2) is 73.3 Å². The number of hydrogen-bond acceptors (Lipinski definition) is 8. The number of amides is 2. The highest BCUT2D eigenvalue weighted by Gasteiger charge is 2.45. The molecule has 0 spiro atoms. The van der Waals surface area contributed by atoms with Gasteiger partial charge in [0.2, 0.25) is 5.79 Å². The van der Waals surface area contributed by atoms with E-state index in [-0.39, 0.29) is 18.7 Å². The minimum absolute atomic E-state index is 0.232. The van der Waals surface area contributed by atoms with Crippen molar-refractivity contribution in [1.29, 1.82) is 0 Å². The minimum atomic E-state index is -1.15. The van der Waals surface area contributed by atoms with Crippen LogP contribution in [0.1, 0.15) is 5.56 Å². The molecule has 13 heteroatoms. The highest BCUT2D eigenvalue weighted by atomic mass is 35.5. The number of carbonyl (C=O) groups is 1. The number of nitrogens with zero attached hydrogens (tertiary/aromatic N) is 5. The molecular formula is C31H33Cl2N7O4. The van der Waals surface area contributed by atoms with E-state index in [4.69, 9.17) is 37.4 Å². The molecule has 2 fully saturated rings. The molecule has 6 rings (SSSR count). The molecule has 2 aliphatic heterocycles. The molecule has 0 aliphatic carbocycles. The predicted molar refractivity (Wildman–Crippen MR) is 170 cm³/mol. The Labute approximate surface area is 265 Å². The first-order valence-corrected chi connectivity index (χ1v) is 15.1. The maximum atomic E-state index is 11.5. The van der Waals surface area contributed by atoms with Gasteiger partial charge in [0.15, 0.2) is 0 Å². The van der Waals surface area contributed by atoms with Crippen molar-refractivity contribution in [2.75, 3.05) is 61.6 Å². The Morgan fingerprint density at radius 2 is 1.68 bits per heavy atom. The van der Waals surface area contributed by atoms with Gasteiger partial charge in [-0.1, -0.05) is 29.3 Å². The fourth-order valence-electron chi connectivity index (χ4n) is 5.40. The second kappa shape index (κ2) is 13.3. The van der Waals surface area contributed by atoms with Crippen molar-refractivity contribution in [3.8, 4) is 5.75 Å². The quantitative estimate of drug-likeness (QED) is 0.264. The summed E-state index contributed by atoms with van der Waals surface area (Å²) in [6.45, 7) is 4.48. The third-order valence-corrected chi connectivity index (χ3v) is 8.22. The van der Waals surface area contributed by atoms with Gasteiger partial charge in [0, 0.05) is 60.9 Å². The number of ether oxygens (including phenoxy) is 3. The van der Waals surface area contributed by atoms with Gasteiger partial charge in [-0.3, -0.25) is 0 Å². The first-order chi connectivity index (χ1) is 21.4. The second-order valence-electron chi connectivity index (χ2n) is 10.6. The lowest BCUT2D eigenvalue weighted by Crippen LogP contribution is -2.46. The van der Waals surface area contributed by atoms with E-state index in [1.165, 1.54) is 6.33 Å². The summed E-state index contributed by atoms with van der Waals surface area (Å²) in [5, 5.41) is 10.5. The smallest absolute Gasteiger partial charge is 0.318 e. The van der Waals surface area contributed by atoms with Gasteiger partial charge in [0.05, 0.1) is 11.6 Å². The monoisotopic (exact) mass is 637 g/mol. The van der Waals surface area contributed by atoms with Crippen molar-refractivity contribution in [2.24, 2.45) is 0 Å². The summed E-state index contributed by atoms with van der Waals surface area (Å²) in [6.07, 6.45) is 2.74. The van der Waals surface area contributed by atoms with E-state index in [9.17, 15) is 4.79 Å². The SMILES string of the molecule is CNC(=O)Nc1ccc(N2CCN(c3ccc(OC[C@@H]4CO[C@@](Cn5cncn5)(c5ccc(Cl)cc5Cl)O4)cc3)CC2)cc1. The number of piperazine rings is 1. The average molecular weight is 639 g/mol. The molecule has 230 valence electrons. The summed E-state index contributed by atoms with van der Waals surface area (Å²) in [5.41, 5.74) is 3.71. The molecule has 2 amide bonds. The Hall–Kier alpha value is -4.03. The molecule has 44 heavy (non-hydrogen) atoms. The fourth-order valence-corrected chi connectivity index (χ4v) is 5.95. The summed E-state index contributed by atoms with van der Waals surface area (Å²) < 4.78 is 20.4. The van der Waals surface area contributed by atoms with Crippen molar-refractivity contribution in [2.45, 2.75) is 18.4 Å². The largest absolute Gasteiger partial charge is 0.491 e. The van der Waals surface area contributed by atoms with Crippen LogP contribution in [0.15, 0.2) is 79.4 Å². The zero-order valence-electron chi connectivity index (χ0n) is 24.2. The van der Waals surface area contributed by atoms with Gasteiger partial charge >= 0.3 is 6.03 Å². The van der Waals surface area contributed by atoms with Crippen LogP contribution >= 0.6 is 23.2 Å². The van der Waals surface area contributed by atoms with Gasteiger partial charge in [-0.15, -0.1) is 0 Å². The maximum absolute atomic E-state index is 11.5. The maximum Gasteiger partial charge on any atom is 0.318 e. The Kier molecular flexibility index (Phi) is 9.08. The lowest BCUT2D eigenvalue weighted by molar-refractivity contribution is -0.190. The third-order valence-electron chi connectivity index (χ3n) is 7.67. The number of nitrogens with one attached hydrogen (secondary N) is 2. The van der Waals surface area contributed by atoms with E-state index in [1.807, 2.05) is 42.5 Å².